The van der Waals surface area contributed by atoms with E-state index < -0.39 is 0 Å². The molecule has 1 unspecified atom stereocenters. The van der Waals surface area contributed by atoms with E-state index in [1.165, 1.54) is 5.56 Å². The first-order valence-corrected chi connectivity index (χ1v) is 5.72. The summed E-state index contributed by atoms with van der Waals surface area (Å²) in [5, 5.41) is 13.2. The molecule has 0 amide bonds. The van der Waals surface area contributed by atoms with Gasteiger partial charge in [-0.3, -0.25) is 0 Å². The van der Waals surface area contributed by atoms with E-state index in [-0.39, 0.29) is 6.10 Å². The molecular weight excluding hydrogens is 198 g/mol. The topological polar surface area (TPSA) is 32.3 Å². The average Bonchev–Trinajstić information content (AvgIpc) is 2.24. The Morgan fingerprint density at radius 3 is 2.81 bits per heavy atom. The molecule has 0 fully saturated rings. The van der Waals surface area contributed by atoms with E-state index in [1.807, 2.05) is 25.1 Å². The van der Waals surface area contributed by atoms with Crippen LogP contribution < -0.4 is 5.32 Å². The van der Waals surface area contributed by atoms with E-state index in [1.54, 1.807) is 0 Å². The summed E-state index contributed by atoms with van der Waals surface area (Å²) in [6, 6.07) is 6.17. The number of benzene rings is 1. The van der Waals surface area contributed by atoms with Crippen molar-refractivity contribution in [1.82, 2.24) is 5.32 Å². The van der Waals surface area contributed by atoms with Gasteiger partial charge in [-0.05, 0) is 37.9 Å². The molecule has 0 radical (unpaired) electrons. The number of aliphatic hydroxyl groups is 1. The third-order valence-corrected chi connectivity index (χ3v) is 2.67. The van der Waals surface area contributed by atoms with Gasteiger partial charge in [-0.1, -0.05) is 29.8 Å². The predicted octanol–water partition coefficient (Wildman–Crippen LogP) is 2.50. The van der Waals surface area contributed by atoms with Crippen LogP contribution in [0.4, 0.5) is 0 Å². The number of aliphatic hydroxyl groups excluding tert-OH is 1. The summed E-state index contributed by atoms with van der Waals surface area (Å²) in [4.78, 5) is 0. The van der Waals surface area contributed by atoms with Crippen molar-refractivity contribution in [1.29, 1.82) is 0 Å². The summed E-state index contributed by atoms with van der Waals surface area (Å²) in [5.41, 5.74) is 3.43. The summed E-state index contributed by atoms with van der Waals surface area (Å²) in [7, 11) is 0. The first-order chi connectivity index (χ1) is 7.65. The Balaban J connectivity index is 2.52. The number of rotatable bonds is 6. The van der Waals surface area contributed by atoms with Crippen LogP contribution in [0.5, 0.6) is 0 Å². The van der Waals surface area contributed by atoms with Crippen LogP contribution in [-0.4, -0.2) is 18.2 Å². The minimum absolute atomic E-state index is 0.377. The number of hydrogen-bond acceptors (Lipinski definition) is 2. The van der Waals surface area contributed by atoms with E-state index in [4.69, 9.17) is 0 Å². The van der Waals surface area contributed by atoms with Crippen LogP contribution in [0, 0.1) is 13.8 Å². The van der Waals surface area contributed by atoms with E-state index in [2.05, 4.69) is 24.9 Å². The van der Waals surface area contributed by atoms with Crippen molar-refractivity contribution in [3.63, 3.8) is 0 Å². The van der Waals surface area contributed by atoms with Crippen molar-refractivity contribution in [3.05, 3.63) is 47.5 Å². The van der Waals surface area contributed by atoms with Gasteiger partial charge in [0, 0.05) is 6.54 Å². The van der Waals surface area contributed by atoms with Crippen molar-refractivity contribution in [2.75, 3.05) is 13.1 Å². The van der Waals surface area contributed by atoms with Crippen molar-refractivity contribution in [2.45, 2.75) is 26.4 Å². The maximum absolute atomic E-state index is 10.0. The molecule has 2 heteroatoms. The molecule has 2 nitrogen and oxygen atoms in total. The molecule has 1 atom stereocenters. The van der Waals surface area contributed by atoms with Crippen LogP contribution >= 0.6 is 0 Å². The molecule has 88 valence electrons. The largest absolute Gasteiger partial charge is 0.388 e. The second kappa shape index (κ2) is 6.46. The highest BCUT2D eigenvalue weighted by Crippen LogP contribution is 2.20. The molecule has 0 aromatic heterocycles. The second-order valence-corrected chi connectivity index (χ2v) is 4.16. The van der Waals surface area contributed by atoms with Gasteiger partial charge in [-0.15, -0.1) is 6.58 Å². The van der Waals surface area contributed by atoms with Gasteiger partial charge in [0.15, 0.2) is 0 Å². The fourth-order valence-corrected chi connectivity index (χ4v) is 1.80. The highest BCUT2D eigenvalue weighted by atomic mass is 16.3. The first-order valence-electron chi connectivity index (χ1n) is 5.72. The summed E-state index contributed by atoms with van der Waals surface area (Å²) < 4.78 is 0. The molecule has 0 aliphatic rings. The minimum Gasteiger partial charge on any atom is -0.388 e. The molecule has 0 bridgehead atoms. The Kier molecular flexibility index (Phi) is 5.23. The Hall–Kier alpha value is -1.12. The lowest BCUT2D eigenvalue weighted by molar-refractivity contribution is 0.166. The minimum atomic E-state index is -0.377. The molecule has 2 N–H and O–H groups in total. The zero-order valence-corrected chi connectivity index (χ0v) is 10.2. The van der Waals surface area contributed by atoms with Gasteiger partial charge in [-0.25, -0.2) is 0 Å². The third kappa shape index (κ3) is 3.80. The summed E-state index contributed by atoms with van der Waals surface area (Å²) in [6.45, 7) is 9.34. The fraction of sp³-hybridized carbons (Fsp3) is 0.429. The first kappa shape index (κ1) is 12.9. The maximum Gasteiger partial charge on any atom is 0.0804 e. The van der Waals surface area contributed by atoms with Gasteiger partial charge in [0.25, 0.3) is 0 Å². The molecule has 16 heavy (non-hydrogen) atoms. The van der Waals surface area contributed by atoms with Crippen LogP contribution in [0.25, 0.3) is 0 Å². The van der Waals surface area contributed by atoms with Crippen LogP contribution in [-0.2, 0) is 0 Å². The normalized spacial score (nSPS) is 12.4. The van der Waals surface area contributed by atoms with Crippen LogP contribution in [0.15, 0.2) is 30.9 Å². The third-order valence-electron chi connectivity index (χ3n) is 2.67. The zero-order valence-electron chi connectivity index (χ0n) is 10.2. The molecule has 0 saturated carbocycles. The van der Waals surface area contributed by atoms with Crippen molar-refractivity contribution in [3.8, 4) is 0 Å². The molecule has 0 saturated heterocycles. The molecule has 0 spiro atoms. The lowest BCUT2D eigenvalue weighted by Gasteiger charge is -2.14. The van der Waals surface area contributed by atoms with Gasteiger partial charge < -0.3 is 10.4 Å². The highest BCUT2D eigenvalue weighted by Gasteiger charge is 2.09. The number of hydrogen-bond donors (Lipinski definition) is 2. The predicted molar refractivity (Wildman–Crippen MR) is 68.6 cm³/mol. The number of aryl methyl sites for hydroxylation is 2. The maximum atomic E-state index is 10.0. The standard InChI is InChI=1S/C14H21NO/c1-4-8-15-9-7-14(16)13-6-5-11(2)10-12(13)3/h4-6,10,14-16H,1,7-9H2,2-3H3. The van der Waals surface area contributed by atoms with Crippen molar-refractivity contribution < 1.29 is 5.11 Å². The van der Waals surface area contributed by atoms with E-state index >= 15 is 0 Å². The smallest absolute Gasteiger partial charge is 0.0804 e. The molecule has 1 aromatic rings. The molecule has 1 aromatic carbocycles. The van der Waals surface area contributed by atoms with Gasteiger partial charge in [0.2, 0.25) is 0 Å². The Bertz CT molecular complexity index is 347. The van der Waals surface area contributed by atoms with Gasteiger partial charge in [-0.2, -0.15) is 0 Å². The van der Waals surface area contributed by atoms with E-state index in [9.17, 15) is 5.11 Å². The van der Waals surface area contributed by atoms with Gasteiger partial charge in [0.1, 0.15) is 0 Å². The van der Waals surface area contributed by atoms with Crippen molar-refractivity contribution >= 4 is 0 Å². The average molecular weight is 219 g/mol. The Morgan fingerprint density at radius 1 is 1.44 bits per heavy atom. The summed E-state index contributed by atoms with van der Waals surface area (Å²) in [5.74, 6) is 0. The molecule has 0 aliphatic heterocycles. The van der Waals surface area contributed by atoms with Crippen LogP contribution in [0.2, 0.25) is 0 Å². The molecule has 0 heterocycles. The van der Waals surface area contributed by atoms with Crippen LogP contribution in [0.1, 0.15) is 29.2 Å². The SMILES string of the molecule is C=CCNCCC(O)c1ccc(C)cc1C. The Labute approximate surface area is 98.0 Å². The quantitative estimate of drug-likeness (QED) is 0.569. The zero-order chi connectivity index (χ0) is 12.0. The fourth-order valence-electron chi connectivity index (χ4n) is 1.80. The lowest BCUT2D eigenvalue weighted by atomic mass is 9.99. The monoisotopic (exact) mass is 219 g/mol. The van der Waals surface area contributed by atoms with Crippen LogP contribution in [0.3, 0.4) is 0 Å². The summed E-state index contributed by atoms with van der Waals surface area (Å²) in [6.07, 6.45) is 2.18. The summed E-state index contributed by atoms with van der Waals surface area (Å²) >= 11 is 0. The molecule has 0 aliphatic carbocycles. The lowest BCUT2D eigenvalue weighted by Crippen LogP contribution is -2.17. The second-order valence-electron chi connectivity index (χ2n) is 4.16. The highest BCUT2D eigenvalue weighted by molar-refractivity contribution is 5.31. The molecule has 1 rings (SSSR count). The molecular formula is C14H21NO. The van der Waals surface area contributed by atoms with E-state index in [0.29, 0.717) is 0 Å². The Morgan fingerprint density at radius 2 is 2.19 bits per heavy atom. The van der Waals surface area contributed by atoms with E-state index in [0.717, 1.165) is 30.6 Å². The number of nitrogens with one attached hydrogen (secondary N) is 1. The van der Waals surface area contributed by atoms with Crippen molar-refractivity contribution in [2.24, 2.45) is 0 Å². The van der Waals surface area contributed by atoms with Gasteiger partial charge >= 0.3 is 0 Å². The van der Waals surface area contributed by atoms with Gasteiger partial charge in [0.05, 0.1) is 6.10 Å².